The van der Waals surface area contributed by atoms with Crippen LogP contribution in [0.1, 0.15) is 12.6 Å². The van der Waals surface area contributed by atoms with E-state index in [1.807, 2.05) is 6.92 Å². The largest absolute Gasteiger partial charge is 0.394 e. The van der Waals surface area contributed by atoms with Crippen LogP contribution < -0.4 is 11.5 Å². The first-order valence-electron chi connectivity index (χ1n) is 2.99. The molecule has 0 radical (unpaired) electrons. The van der Waals surface area contributed by atoms with Crippen molar-refractivity contribution in [2.24, 2.45) is 0 Å². The zero-order valence-electron chi connectivity index (χ0n) is 5.70. The molecule has 54 valence electrons. The number of aromatic nitrogens is 3. The molecule has 0 spiro atoms. The molecule has 0 aliphatic carbocycles. The summed E-state index contributed by atoms with van der Waals surface area (Å²) in [7, 11) is 0. The van der Waals surface area contributed by atoms with Gasteiger partial charge in [-0.3, -0.25) is 0 Å². The fourth-order valence-electron chi connectivity index (χ4n) is 0.641. The number of nitrogens with zero attached hydrogens (tertiary/aromatic N) is 3. The first-order chi connectivity index (χ1) is 4.75. The van der Waals surface area contributed by atoms with Gasteiger partial charge < -0.3 is 11.5 Å². The quantitative estimate of drug-likeness (QED) is 0.552. The van der Waals surface area contributed by atoms with Gasteiger partial charge in [-0.25, -0.2) is 0 Å². The summed E-state index contributed by atoms with van der Waals surface area (Å²) in [5.74, 6) is 0.256. The third-order valence-corrected chi connectivity index (χ3v) is 1.24. The second-order valence-corrected chi connectivity index (χ2v) is 1.89. The molecular formula is C5H9N5. The molecule has 0 atom stereocenters. The van der Waals surface area contributed by atoms with Gasteiger partial charge >= 0.3 is 0 Å². The predicted octanol–water partition coefficient (Wildman–Crippen LogP) is -0.402. The van der Waals surface area contributed by atoms with E-state index in [1.165, 1.54) is 0 Å². The number of nitrogen functional groups attached to an aromatic ring is 2. The number of nitrogens with two attached hydrogens (primary N) is 2. The Labute approximate surface area is 58.4 Å². The van der Waals surface area contributed by atoms with Crippen molar-refractivity contribution in [2.45, 2.75) is 13.3 Å². The molecule has 1 rings (SSSR count). The SMILES string of the molecule is CCc1nnnc(N)c1N. The number of anilines is 2. The minimum Gasteiger partial charge on any atom is -0.394 e. The molecule has 1 heterocycles. The lowest BCUT2D eigenvalue weighted by Crippen LogP contribution is -2.06. The van der Waals surface area contributed by atoms with Crippen LogP contribution in [0.2, 0.25) is 0 Å². The van der Waals surface area contributed by atoms with E-state index in [0.717, 1.165) is 6.42 Å². The topological polar surface area (TPSA) is 90.7 Å². The van der Waals surface area contributed by atoms with E-state index in [-0.39, 0.29) is 5.82 Å². The van der Waals surface area contributed by atoms with Gasteiger partial charge in [0.25, 0.3) is 0 Å². The van der Waals surface area contributed by atoms with Gasteiger partial charge in [-0.05, 0) is 11.6 Å². The van der Waals surface area contributed by atoms with Crippen molar-refractivity contribution in [1.82, 2.24) is 15.4 Å². The van der Waals surface area contributed by atoms with Gasteiger partial charge in [0.2, 0.25) is 0 Å². The molecule has 0 saturated heterocycles. The van der Waals surface area contributed by atoms with Gasteiger partial charge in [0.15, 0.2) is 5.82 Å². The highest BCUT2D eigenvalue weighted by molar-refractivity contribution is 5.59. The van der Waals surface area contributed by atoms with E-state index in [9.17, 15) is 0 Å². The maximum absolute atomic E-state index is 5.50. The van der Waals surface area contributed by atoms with Crippen LogP contribution in [-0.4, -0.2) is 15.4 Å². The monoisotopic (exact) mass is 139 g/mol. The molecule has 0 fully saturated rings. The predicted molar refractivity (Wildman–Crippen MR) is 38.0 cm³/mol. The second kappa shape index (κ2) is 2.47. The van der Waals surface area contributed by atoms with E-state index < -0.39 is 0 Å². The van der Waals surface area contributed by atoms with Crippen LogP contribution in [0, 0.1) is 0 Å². The zero-order valence-corrected chi connectivity index (χ0v) is 5.70. The molecule has 5 nitrogen and oxygen atoms in total. The second-order valence-electron chi connectivity index (χ2n) is 1.89. The molecule has 0 aromatic carbocycles. The Morgan fingerprint density at radius 3 is 2.50 bits per heavy atom. The molecular weight excluding hydrogens is 130 g/mol. The molecule has 0 unspecified atom stereocenters. The molecule has 1 aromatic rings. The van der Waals surface area contributed by atoms with Crippen molar-refractivity contribution in [3.8, 4) is 0 Å². The number of rotatable bonds is 1. The average molecular weight is 139 g/mol. The smallest absolute Gasteiger partial charge is 0.173 e. The summed E-state index contributed by atoms with van der Waals surface area (Å²) in [6.07, 6.45) is 0.728. The molecule has 1 aromatic heterocycles. The molecule has 10 heavy (non-hydrogen) atoms. The van der Waals surface area contributed by atoms with Crippen molar-refractivity contribution in [1.29, 1.82) is 0 Å². The van der Waals surface area contributed by atoms with Crippen LogP contribution in [0.4, 0.5) is 11.5 Å². The molecule has 0 bridgehead atoms. The average Bonchev–Trinajstić information content (AvgIpc) is 1.95. The fourth-order valence-corrected chi connectivity index (χ4v) is 0.641. The number of aryl methyl sites for hydroxylation is 1. The summed E-state index contributed by atoms with van der Waals surface area (Å²) in [6, 6.07) is 0. The van der Waals surface area contributed by atoms with Crippen molar-refractivity contribution in [2.75, 3.05) is 11.5 Å². The lowest BCUT2D eigenvalue weighted by molar-refractivity contribution is 0.824. The van der Waals surface area contributed by atoms with Crippen molar-refractivity contribution in [3.63, 3.8) is 0 Å². The first-order valence-corrected chi connectivity index (χ1v) is 2.99. The lowest BCUT2D eigenvalue weighted by Gasteiger charge is -1.99. The summed E-state index contributed by atoms with van der Waals surface area (Å²) >= 11 is 0. The Hall–Kier alpha value is -1.39. The summed E-state index contributed by atoms with van der Waals surface area (Å²) in [6.45, 7) is 1.93. The Bertz CT molecular complexity index is 233. The van der Waals surface area contributed by atoms with Gasteiger partial charge in [-0.15, -0.1) is 10.2 Å². The van der Waals surface area contributed by atoms with Gasteiger partial charge in [0.05, 0.1) is 5.69 Å². The van der Waals surface area contributed by atoms with Crippen LogP contribution in [-0.2, 0) is 6.42 Å². The maximum Gasteiger partial charge on any atom is 0.173 e. The minimum absolute atomic E-state index is 0.256. The van der Waals surface area contributed by atoms with E-state index in [0.29, 0.717) is 11.4 Å². The van der Waals surface area contributed by atoms with E-state index in [2.05, 4.69) is 15.4 Å². The van der Waals surface area contributed by atoms with Crippen LogP contribution in [0.5, 0.6) is 0 Å². The Balaban J connectivity index is 3.14. The summed E-state index contributed by atoms with van der Waals surface area (Å²) < 4.78 is 0. The van der Waals surface area contributed by atoms with Gasteiger partial charge in [0, 0.05) is 0 Å². The van der Waals surface area contributed by atoms with E-state index in [4.69, 9.17) is 11.5 Å². The van der Waals surface area contributed by atoms with Crippen LogP contribution in [0.25, 0.3) is 0 Å². The van der Waals surface area contributed by atoms with E-state index in [1.54, 1.807) is 0 Å². The molecule has 4 N–H and O–H groups in total. The normalized spacial score (nSPS) is 9.70. The number of hydrogen-bond acceptors (Lipinski definition) is 5. The van der Waals surface area contributed by atoms with Gasteiger partial charge in [0.1, 0.15) is 5.69 Å². The minimum atomic E-state index is 0.256. The fraction of sp³-hybridized carbons (Fsp3) is 0.400. The third kappa shape index (κ3) is 0.975. The zero-order chi connectivity index (χ0) is 7.56. The Morgan fingerprint density at radius 1 is 1.30 bits per heavy atom. The molecule has 0 amide bonds. The molecule has 0 aliphatic rings. The van der Waals surface area contributed by atoms with Crippen molar-refractivity contribution < 1.29 is 0 Å². The number of hydrogen-bond donors (Lipinski definition) is 2. The standard InChI is InChI=1S/C5H9N5/c1-2-3-4(6)5(7)9-10-8-3/h2H2,1H3,(H2,6,10)(H2,7,8,9). The highest BCUT2D eigenvalue weighted by atomic mass is 15.3. The lowest BCUT2D eigenvalue weighted by atomic mass is 10.3. The van der Waals surface area contributed by atoms with Crippen LogP contribution in [0.15, 0.2) is 0 Å². The molecule has 5 heteroatoms. The van der Waals surface area contributed by atoms with Gasteiger partial charge in [-0.1, -0.05) is 6.92 Å². The van der Waals surface area contributed by atoms with E-state index >= 15 is 0 Å². The van der Waals surface area contributed by atoms with Crippen molar-refractivity contribution in [3.05, 3.63) is 5.69 Å². The maximum atomic E-state index is 5.50. The highest BCUT2D eigenvalue weighted by Crippen LogP contribution is 2.12. The van der Waals surface area contributed by atoms with Gasteiger partial charge in [-0.2, -0.15) is 0 Å². The summed E-state index contributed by atoms with van der Waals surface area (Å²) in [5, 5.41) is 10.6. The van der Waals surface area contributed by atoms with Crippen molar-refractivity contribution >= 4 is 11.5 Å². The molecule has 0 saturated carbocycles. The Morgan fingerprint density at radius 2 is 2.00 bits per heavy atom. The first kappa shape index (κ1) is 6.73. The third-order valence-electron chi connectivity index (χ3n) is 1.24. The van der Waals surface area contributed by atoms with Crippen LogP contribution >= 0.6 is 0 Å². The highest BCUT2D eigenvalue weighted by Gasteiger charge is 2.02. The molecule has 0 aliphatic heterocycles. The summed E-state index contributed by atoms with van der Waals surface area (Å²) in [4.78, 5) is 0. The van der Waals surface area contributed by atoms with Crippen LogP contribution in [0.3, 0.4) is 0 Å². The summed E-state index contributed by atoms with van der Waals surface area (Å²) in [5.41, 5.74) is 12.0. The Kier molecular flexibility index (Phi) is 1.66.